The summed E-state index contributed by atoms with van der Waals surface area (Å²) in [5.74, 6) is 0.112. The first-order valence-corrected chi connectivity index (χ1v) is 7.35. The Morgan fingerprint density at radius 2 is 1.75 bits per heavy atom. The number of carbonyl (C=O) groups excluding carboxylic acids is 1. The number of rotatable bonds is 3. The van der Waals surface area contributed by atoms with Crippen LogP contribution in [0.2, 0.25) is 0 Å². The van der Waals surface area contributed by atoms with Gasteiger partial charge in [0.15, 0.2) is 0 Å². The first-order chi connectivity index (χ1) is 9.81. The summed E-state index contributed by atoms with van der Waals surface area (Å²) in [6.07, 6.45) is 0. The molecule has 108 valence electrons. The average molecular weight is 274 g/mol. The predicted octanol–water partition coefficient (Wildman–Crippen LogP) is 0.0280. The fourth-order valence-electron chi connectivity index (χ4n) is 2.80. The minimum Gasteiger partial charge on any atom is -0.360 e. The molecule has 1 amide bonds. The normalized spacial score (nSPS) is 20.8. The van der Waals surface area contributed by atoms with E-state index in [1.165, 1.54) is 5.56 Å². The molecule has 1 aromatic rings. The number of hydrogen-bond donors (Lipinski definition) is 2. The van der Waals surface area contributed by atoms with Gasteiger partial charge in [-0.1, -0.05) is 12.1 Å². The summed E-state index contributed by atoms with van der Waals surface area (Å²) >= 11 is 0. The highest BCUT2D eigenvalue weighted by molar-refractivity contribution is 5.82. The van der Waals surface area contributed by atoms with Crippen molar-refractivity contribution in [1.82, 2.24) is 15.5 Å². The fraction of sp³-hybridized carbons (Fsp3) is 0.533. The van der Waals surface area contributed by atoms with Gasteiger partial charge in [-0.3, -0.25) is 9.69 Å². The second-order valence-corrected chi connectivity index (χ2v) is 5.46. The molecule has 0 bridgehead atoms. The molecule has 0 spiro atoms. The van der Waals surface area contributed by atoms with Gasteiger partial charge >= 0.3 is 0 Å². The molecule has 2 N–H and O–H groups in total. The van der Waals surface area contributed by atoms with Crippen molar-refractivity contribution in [2.24, 2.45) is 0 Å². The Morgan fingerprint density at radius 3 is 2.45 bits per heavy atom. The maximum atomic E-state index is 11.4. The molecule has 20 heavy (non-hydrogen) atoms. The van der Waals surface area contributed by atoms with E-state index in [2.05, 4.69) is 44.7 Å². The van der Waals surface area contributed by atoms with Crippen LogP contribution in [-0.2, 0) is 11.3 Å². The summed E-state index contributed by atoms with van der Waals surface area (Å²) < 4.78 is 0. The molecule has 5 heteroatoms. The van der Waals surface area contributed by atoms with Crippen LogP contribution < -0.4 is 15.5 Å². The standard InChI is InChI=1S/C15H22N4O/c20-15-12-19(10-7-17-15)14-3-1-13(2-4-14)11-18-8-5-16-6-9-18/h1-4,16H,5-12H2,(H,17,20). The van der Waals surface area contributed by atoms with E-state index in [0.717, 1.165) is 51.5 Å². The largest absolute Gasteiger partial charge is 0.360 e. The fourth-order valence-corrected chi connectivity index (χ4v) is 2.80. The van der Waals surface area contributed by atoms with Crippen molar-refractivity contribution in [3.63, 3.8) is 0 Å². The number of hydrogen-bond acceptors (Lipinski definition) is 4. The lowest BCUT2D eigenvalue weighted by molar-refractivity contribution is -0.120. The van der Waals surface area contributed by atoms with E-state index in [1.807, 2.05) is 0 Å². The van der Waals surface area contributed by atoms with E-state index < -0.39 is 0 Å². The van der Waals surface area contributed by atoms with Crippen LogP contribution in [0.1, 0.15) is 5.56 Å². The highest BCUT2D eigenvalue weighted by Gasteiger charge is 2.16. The second-order valence-electron chi connectivity index (χ2n) is 5.46. The van der Waals surface area contributed by atoms with E-state index in [0.29, 0.717) is 6.54 Å². The van der Waals surface area contributed by atoms with Crippen molar-refractivity contribution in [2.75, 3.05) is 50.7 Å². The van der Waals surface area contributed by atoms with Gasteiger partial charge in [0.2, 0.25) is 5.91 Å². The number of carbonyl (C=O) groups is 1. The van der Waals surface area contributed by atoms with Crippen molar-refractivity contribution in [3.05, 3.63) is 29.8 Å². The van der Waals surface area contributed by atoms with Crippen molar-refractivity contribution in [2.45, 2.75) is 6.54 Å². The summed E-state index contributed by atoms with van der Waals surface area (Å²) in [6.45, 7) is 7.52. The Labute approximate surface area is 119 Å². The lowest BCUT2D eigenvalue weighted by atomic mass is 10.1. The van der Waals surface area contributed by atoms with E-state index in [1.54, 1.807) is 0 Å². The van der Waals surface area contributed by atoms with Gasteiger partial charge in [-0.2, -0.15) is 0 Å². The maximum absolute atomic E-state index is 11.4. The molecule has 2 fully saturated rings. The van der Waals surface area contributed by atoms with Crippen molar-refractivity contribution in [3.8, 4) is 0 Å². The van der Waals surface area contributed by atoms with Gasteiger partial charge in [-0.25, -0.2) is 0 Å². The van der Waals surface area contributed by atoms with Crippen molar-refractivity contribution >= 4 is 11.6 Å². The predicted molar refractivity (Wildman–Crippen MR) is 79.8 cm³/mol. The number of amides is 1. The summed E-state index contributed by atoms with van der Waals surface area (Å²) in [5, 5.41) is 6.22. The zero-order valence-corrected chi connectivity index (χ0v) is 11.8. The molecule has 1 aromatic carbocycles. The van der Waals surface area contributed by atoms with Gasteiger partial charge in [0.25, 0.3) is 0 Å². The third-order valence-electron chi connectivity index (χ3n) is 3.96. The number of nitrogens with one attached hydrogen (secondary N) is 2. The zero-order chi connectivity index (χ0) is 13.8. The second kappa shape index (κ2) is 6.24. The van der Waals surface area contributed by atoms with Crippen LogP contribution >= 0.6 is 0 Å². The highest BCUT2D eigenvalue weighted by Crippen LogP contribution is 2.17. The summed E-state index contributed by atoms with van der Waals surface area (Å²) in [6, 6.07) is 8.64. The van der Waals surface area contributed by atoms with Gasteiger partial charge in [-0.15, -0.1) is 0 Å². The first-order valence-electron chi connectivity index (χ1n) is 7.35. The quantitative estimate of drug-likeness (QED) is 0.816. The molecule has 0 unspecified atom stereocenters. The average Bonchev–Trinajstić information content (AvgIpc) is 2.49. The van der Waals surface area contributed by atoms with Crippen LogP contribution in [0, 0.1) is 0 Å². The smallest absolute Gasteiger partial charge is 0.239 e. The van der Waals surface area contributed by atoms with Gasteiger partial charge in [0.05, 0.1) is 6.54 Å². The molecule has 2 saturated heterocycles. The highest BCUT2D eigenvalue weighted by atomic mass is 16.2. The van der Waals surface area contributed by atoms with Crippen LogP contribution in [0.5, 0.6) is 0 Å². The number of nitrogens with zero attached hydrogens (tertiary/aromatic N) is 2. The summed E-state index contributed by atoms with van der Waals surface area (Å²) in [5.41, 5.74) is 2.49. The van der Waals surface area contributed by atoms with Gasteiger partial charge in [0.1, 0.15) is 0 Å². The lowest BCUT2D eigenvalue weighted by Crippen LogP contribution is -2.47. The monoisotopic (exact) mass is 274 g/mol. The summed E-state index contributed by atoms with van der Waals surface area (Å²) in [4.78, 5) is 16.0. The molecular formula is C15H22N4O. The Kier molecular flexibility index (Phi) is 4.18. The number of piperazine rings is 2. The maximum Gasteiger partial charge on any atom is 0.239 e. The van der Waals surface area contributed by atoms with E-state index in [-0.39, 0.29) is 5.91 Å². The summed E-state index contributed by atoms with van der Waals surface area (Å²) in [7, 11) is 0. The topological polar surface area (TPSA) is 47.6 Å². The Hall–Kier alpha value is -1.59. The molecular weight excluding hydrogens is 252 g/mol. The molecule has 2 heterocycles. The molecule has 2 aliphatic rings. The van der Waals surface area contributed by atoms with Crippen LogP contribution in [0.4, 0.5) is 5.69 Å². The Morgan fingerprint density at radius 1 is 1.00 bits per heavy atom. The van der Waals surface area contributed by atoms with Crippen molar-refractivity contribution < 1.29 is 4.79 Å². The van der Waals surface area contributed by atoms with Crippen LogP contribution in [0.3, 0.4) is 0 Å². The third-order valence-corrected chi connectivity index (χ3v) is 3.96. The van der Waals surface area contributed by atoms with Crippen molar-refractivity contribution in [1.29, 1.82) is 0 Å². The number of benzene rings is 1. The minimum atomic E-state index is 0.112. The van der Waals surface area contributed by atoms with E-state index in [4.69, 9.17) is 0 Å². The molecule has 2 aliphatic heterocycles. The molecule has 0 aliphatic carbocycles. The van der Waals surface area contributed by atoms with Crippen LogP contribution in [-0.4, -0.2) is 56.6 Å². The lowest BCUT2D eigenvalue weighted by Gasteiger charge is -2.29. The van der Waals surface area contributed by atoms with Gasteiger partial charge in [-0.05, 0) is 17.7 Å². The number of anilines is 1. The molecule has 0 radical (unpaired) electrons. The molecule has 0 aromatic heterocycles. The van der Waals surface area contributed by atoms with Crippen LogP contribution in [0.15, 0.2) is 24.3 Å². The Bertz CT molecular complexity index is 453. The molecule has 3 rings (SSSR count). The van der Waals surface area contributed by atoms with E-state index in [9.17, 15) is 4.79 Å². The van der Waals surface area contributed by atoms with Gasteiger partial charge in [0, 0.05) is 51.5 Å². The Balaban J connectivity index is 1.60. The molecule has 0 saturated carbocycles. The SMILES string of the molecule is O=C1CN(c2ccc(CN3CCNCC3)cc2)CCN1. The zero-order valence-electron chi connectivity index (χ0n) is 11.8. The van der Waals surface area contributed by atoms with Gasteiger partial charge < -0.3 is 15.5 Å². The molecule has 5 nitrogen and oxygen atoms in total. The van der Waals surface area contributed by atoms with E-state index >= 15 is 0 Å². The molecule has 0 atom stereocenters. The first kappa shape index (κ1) is 13.4. The third kappa shape index (κ3) is 3.29. The van der Waals surface area contributed by atoms with Crippen LogP contribution in [0.25, 0.3) is 0 Å². The minimum absolute atomic E-state index is 0.112.